The van der Waals surface area contributed by atoms with Gasteiger partial charge in [-0.3, -0.25) is 0 Å². The summed E-state index contributed by atoms with van der Waals surface area (Å²) >= 11 is 0. The van der Waals surface area contributed by atoms with Crippen LogP contribution in [0.4, 0.5) is 14.7 Å². The number of aryl methyl sites for hydroxylation is 1. The van der Waals surface area contributed by atoms with Crippen molar-refractivity contribution in [2.75, 3.05) is 18.0 Å². The molecule has 3 heterocycles. The second kappa shape index (κ2) is 6.07. The van der Waals surface area contributed by atoms with E-state index in [0.717, 1.165) is 5.52 Å². The molecule has 2 atom stereocenters. The monoisotopic (exact) mass is 348 g/mol. The van der Waals surface area contributed by atoms with Crippen LogP contribution in [0, 0.1) is 12.7 Å². The van der Waals surface area contributed by atoms with E-state index in [4.69, 9.17) is 10.3 Å². The molecular weight excluding hydrogens is 330 g/mol. The van der Waals surface area contributed by atoms with Crippen molar-refractivity contribution >= 4 is 17.0 Å². The molecule has 4 rings (SSSR count). The van der Waals surface area contributed by atoms with Gasteiger partial charge < -0.3 is 19.7 Å². The molecule has 0 unspecified atom stereocenters. The number of alkyl halides is 1. The first-order valence-corrected chi connectivity index (χ1v) is 8.11. The van der Waals surface area contributed by atoms with E-state index in [1.54, 1.807) is 13.0 Å². The number of nitrogens with two attached hydrogens (primary N) is 1. The fourth-order valence-electron chi connectivity index (χ4n) is 3.16. The van der Waals surface area contributed by atoms with Crippen molar-refractivity contribution in [2.45, 2.75) is 32.1 Å². The average molecular weight is 348 g/mol. The van der Waals surface area contributed by atoms with Crippen LogP contribution in [0.25, 0.3) is 11.0 Å². The molecule has 9 heteroatoms. The minimum absolute atomic E-state index is 0.295. The van der Waals surface area contributed by atoms with Crippen molar-refractivity contribution in [3.05, 3.63) is 35.7 Å². The molecule has 7 nitrogen and oxygen atoms in total. The largest absolute Gasteiger partial charge is 0.340 e. The second-order valence-electron chi connectivity index (χ2n) is 6.28. The number of fused-ring (bicyclic) bond motifs is 1. The molecule has 0 spiro atoms. The second-order valence-corrected chi connectivity index (χ2v) is 6.28. The minimum Gasteiger partial charge on any atom is -0.340 e. The van der Waals surface area contributed by atoms with Gasteiger partial charge in [0.2, 0.25) is 11.8 Å². The maximum Gasteiger partial charge on any atom is 0.246 e. The van der Waals surface area contributed by atoms with Crippen LogP contribution in [0.5, 0.6) is 0 Å². The van der Waals surface area contributed by atoms with Crippen molar-refractivity contribution in [1.82, 2.24) is 19.7 Å². The molecule has 132 valence electrons. The predicted octanol–water partition coefficient (Wildman–Crippen LogP) is 1.79. The average Bonchev–Trinajstić information content (AvgIpc) is 3.14. The van der Waals surface area contributed by atoms with Crippen LogP contribution in [0.3, 0.4) is 0 Å². The first kappa shape index (κ1) is 15.9. The summed E-state index contributed by atoms with van der Waals surface area (Å²) in [6, 6.07) is 3.83. The molecule has 1 aliphatic heterocycles. The number of rotatable bonds is 3. The molecule has 1 aliphatic rings. The van der Waals surface area contributed by atoms with Crippen LogP contribution < -0.4 is 10.6 Å². The highest BCUT2D eigenvalue weighted by Gasteiger charge is 2.29. The van der Waals surface area contributed by atoms with Gasteiger partial charge in [0.25, 0.3) is 0 Å². The van der Waals surface area contributed by atoms with Crippen LogP contribution in [-0.2, 0) is 6.54 Å². The maximum atomic E-state index is 13.7. The highest BCUT2D eigenvalue weighted by molar-refractivity contribution is 5.79. The smallest absolute Gasteiger partial charge is 0.246 e. The molecule has 0 radical (unpaired) electrons. The van der Waals surface area contributed by atoms with Gasteiger partial charge in [0, 0.05) is 19.2 Å². The molecule has 1 saturated heterocycles. The number of hydrogen-bond acceptors (Lipinski definition) is 6. The Hall–Kier alpha value is -2.55. The van der Waals surface area contributed by atoms with Gasteiger partial charge in [0.15, 0.2) is 5.82 Å². The summed E-state index contributed by atoms with van der Waals surface area (Å²) in [6.07, 6.45) is -0.691. The van der Waals surface area contributed by atoms with Crippen LogP contribution in [0.2, 0.25) is 0 Å². The molecule has 0 aliphatic carbocycles. The van der Waals surface area contributed by atoms with Crippen LogP contribution in [0.15, 0.2) is 22.7 Å². The number of nitrogens with zero attached hydrogens (tertiary/aromatic N) is 5. The summed E-state index contributed by atoms with van der Waals surface area (Å²) < 4.78 is 34.4. The van der Waals surface area contributed by atoms with E-state index in [-0.39, 0.29) is 5.82 Å². The van der Waals surface area contributed by atoms with Gasteiger partial charge in [-0.2, -0.15) is 4.98 Å². The van der Waals surface area contributed by atoms with E-state index in [0.29, 0.717) is 49.2 Å². The Bertz CT molecular complexity index is 907. The van der Waals surface area contributed by atoms with Gasteiger partial charge in [-0.15, -0.1) is 0 Å². The lowest BCUT2D eigenvalue weighted by Gasteiger charge is -2.33. The molecule has 0 bridgehead atoms. The molecule has 3 aromatic rings. The number of benzene rings is 1. The summed E-state index contributed by atoms with van der Waals surface area (Å²) in [4.78, 5) is 10.7. The number of halogens is 2. The van der Waals surface area contributed by atoms with Crippen molar-refractivity contribution in [1.29, 1.82) is 0 Å². The first-order valence-electron chi connectivity index (χ1n) is 8.11. The van der Waals surface area contributed by atoms with Crippen molar-refractivity contribution in [2.24, 2.45) is 5.73 Å². The molecule has 0 saturated carbocycles. The van der Waals surface area contributed by atoms with Crippen molar-refractivity contribution in [3.63, 3.8) is 0 Å². The molecule has 1 fully saturated rings. The zero-order chi connectivity index (χ0) is 17.6. The summed E-state index contributed by atoms with van der Waals surface area (Å²) in [5.74, 6) is 1.19. The van der Waals surface area contributed by atoms with Crippen molar-refractivity contribution in [3.8, 4) is 0 Å². The molecule has 1 aromatic carbocycles. The number of hydrogen-bond donors (Lipinski definition) is 1. The summed E-state index contributed by atoms with van der Waals surface area (Å²) in [5.41, 5.74) is 7.13. The van der Waals surface area contributed by atoms with Gasteiger partial charge in [0.1, 0.15) is 18.5 Å². The molecule has 0 amide bonds. The lowest BCUT2D eigenvalue weighted by molar-refractivity contribution is 0.243. The summed E-state index contributed by atoms with van der Waals surface area (Å²) in [7, 11) is 0. The molecule has 2 N–H and O–H groups in total. The van der Waals surface area contributed by atoms with Crippen LogP contribution >= 0.6 is 0 Å². The Labute approximate surface area is 142 Å². The van der Waals surface area contributed by atoms with Gasteiger partial charge >= 0.3 is 0 Å². The number of anilines is 1. The Morgan fingerprint density at radius 1 is 1.36 bits per heavy atom. The Morgan fingerprint density at radius 3 is 2.92 bits per heavy atom. The lowest BCUT2D eigenvalue weighted by atomic mass is 10.1. The Balaban J connectivity index is 1.77. The van der Waals surface area contributed by atoms with Crippen LogP contribution in [0.1, 0.15) is 18.1 Å². The fourth-order valence-corrected chi connectivity index (χ4v) is 3.16. The van der Waals surface area contributed by atoms with E-state index in [1.165, 1.54) is 12.1 Å². The third-order valence-corrected chi connectivity index (χ3v) is 4.41. The predicted molar refractivity (Wildman–Crippen MR) is 87.5 cm³/mol. The third kappa shape index (κ3) is 2.95. The van der Waals surface area contributed by atoms with Gasteiger partial charge in [-0.05, 0) is 25.5 Å². The normalized spacial score (nSPS) is 21.2. The summed E-state index contributed by atoms with van der Waals surface area (Å²) in [5, 5.41) is 3.79. The van der Waals surface area contributed by atoms with E-state index in [9.17, 15) is 8.78 Å². The zero-order valence-electron chi connectivity index (χ0n) is 13.7. The van der Waals surface area contributed by atoms with E-state index in [1.807, 2.05) is 9.47 Å². The fraction of sp³-hybridized carbons (Fsp3) is 0.438. The van der Waals surface area contributed by atoms with E-state index in [2.05, 4.69) is 15.1 Å². The Morgan fingerprint density at radius 2 is 2.20 bits per heavy atom. The van der Waals surface area contributed by atoms with E-state index < -0.39 is 12.2 Å². The number of aromatic nitrogens is 4. The summed E-state index contributed by atoms with van der Waals surface area (Å²) in [6.45, 7) is 2.86. The Kier molecular flexibility index (Phi) is 3.87. The third-order valence-electron chi connectivity index (χ3n) is 4.41. The first-order chi connectivity index (χ1) is 12.0. The molecular formula is C16H18F2N6O. The standard InChI is InChI=1S/C16H18F2N6O/c1-9-20-15(25-22-9)8-24-14-3-2-10(17)6-13(14)21-16(24)23-5-4-11(18)12(19)7-23/h2-3,6,11-12H,4-5,7-8,19H2,1H3/t11-,12-/m1/s1. The zero-order valence-corrected chi connectivity index (χ0v) is 13.7. The SMILES string of the molecule is Cc1noc(Cn2c(N3CC[C@@H](F)[C@H](N)C3)nc3cc(F)ccc32)n1. The van der Waals surface area contributed by atoms with Gasteiger partial charge in [-0.1, -0.05) is 5.16 Å². The van der Waals surface area contributed by atoms with Gasteiger partial charge in [0.05, 0.1) is 17.1 Å². The van der Waals surface area contributed by atoms with Crippen molar-refractivity contribution < 1.29 is 13.3 Å². The maximum absolute atomic E-state index is 13.7. The number of piperidine rings is 1. The lowest BCUT2D eigenvalue weighted by Crippen LogP contribution is -2.50. The highest BCUT2D eigenvalue weighted by atomic mass is 19.1. The molecule has 25 heavy (non-hydrogen) atoms. The van der Waals surface area contributed by atoms with Gasteiger partial charge in [-0.25, -0.2) is 13.8 Å². The topological polar surface area (TPSA) is 86.0 Å². The minimum atomic E-state index is -1.02. The highest BCUT2D eigenvalue weighted by Crippen LogP contribution is 2.27. The molecule has 2 aromatic heterocycles. The quantitative estimate of drug-likeness (QED) is 0.777. The van der Waals surface area contributed by atoms with E-state index >= 15 is 0 Å². The number of imidazole rings is 1. The van der Waals surface area contributed by atoms with Crippen LogP contribution in [-0.4, -0.2) is 45.0 Å².